The monoisotopic (exact) mass is 166 g/mol. The van der Waals surface area contributed by atoms with Crippen LogP contribution in [0.5, 0.6) is 0 Å². The maximum atomic E-state index is 8.69. The molecule has 1 heterocycles. The topological polar surface area (TPSA) is 59.1 Å². The average molecular weight is 166 g/mol. The number of nitrogens with zero attached hydrogens (tertiary/aromatic N) is 1. The van der Waals surface area contributed by atoms with Crippen molar-refractivity contribution in [3.63, 3.8) is 0 Å². The number of aromatic nitrogens is 1. The van der Waals surface area contributed by atoms with Crippen LogP contribution >= 0.6 is 0 Å². The number of rotatable bonds is 3. The minimum atomic E-state index is -0.0713. The van der Waals surface area contributed by atoms with Crippen LogP contribution in [0.4, 0.5) is 0 Å². The van der Waals surface area contributed by atoms with E-state index in [2.05, 4.69) is 4.98 Å². The molecule has 0 aliphatic carbocycles. The van der Waals surface area contributed by atoms with Gasteiger partial charge in [-0.2, -0.15) is 0 Å². The van der Waals surface area contributed by atoms with Gasteiger partial charge in [0, 0.05) is 25.0 Å². The maximum absolute atomic E-state index is 8.69. The number of pyridine rings is 1. The van der Waals surface area contributed by atoms with Gasteiger partial charge in [0.2, 0.25) is 0 Å². The van der Waals surface area contributed by atoms with E-state index >= 15 is 0 Å². The fourth-order valence-electron chi connectivity index (χ4n) is 1.19. The first-order chi connectivity index (χ1) is 5.75. The predicted molar refractivity (Wildman–Crippen MR) is 47.6 cm³/mol. The zero-order chi connectivity index (χ0) is 8.97. The van der Waals surface area contributed by atoms with Gasteiger partial charge in [0.25, 0.3) is 0 Å². The second kappa shape index (κ2) is 4.18. The molecule has 3 N–H and O–H groups in total. The Labute approximate surface area is 72.2 Å². The molecule has 0 bridgehead atoms. The number of hydrogen-bond acceptors (Lipinski definition) is 3. The van der Waals surface area contributed by atoms with E-state index in [1.165, 1.54) is 0 Å². The van der Waals surface area contributed by atoms with Crippen LogP contribution in [0.15, 0.2) is 18.5 Å². The van der Waals surface area contributed by atoms with Gasteiger partial charge in [-0.15, -0.1) is 0 Å². The third kappa shape index (κ3) is 2.03. The van der Waals surface area contributed by atoms with Crippen molar-refractivity contribution < 1.29 is 5.11 Å². The standard InChI is InChI=1S/C9H14N2O/c1-7-6-11-4-2-8(7)9(10)3-5-12/h2,4,6,9,12H,3,5,10H2,1H3/t9-/m0/s1. The van der Waals surface area contributed by atoms with Gasteiger partial charge in [-0.1, -0.05) is 0 Å². The molecule has 0 aliphatic rings. The lowest BCUT2D eigenvalue weighted by Gasteiger charge is -2.12. The summed E-state index contributed by atoms with van der Waals surface area (Å²) in [6, 6.07) is 1.83. The molecule has 3 nitrogen and oxygen atoms in total. The zero-order valence-electron chi connectivity index (χ0n) is 7.20. The highest BCUT2D eigenvalue weighted by Gasteiger charge is 2.06. The summed E-state index contributed by atoms with van der Waals surface area (Å²) in [7, 11) is 0. The Bertz CT molecular complexity index is 250. The molecule has 1 rings (SSSR count). The van der Waals surface area contributed by atoms with Crippen molar-refractivity contribution in [2.45, 2.75) is 19.4 Å². The van der Waals surface area contributed by atoms with Crippen LogP contribution in [0.25, 0.3) is 0 Å². The van der Waals surface area contributed by atoms with Crippen LogP contribution in [-0.4, -0.2) is 16.7 Å². The van der Waals surface area contributed by atoms with Crippen molar-refractivity contribution in [2.24, 2.45) is 5.73 Å². The summed E-state index contributed by atoms with van der Waals surface area (Å²) in [5.41, 5.74) is 7.97. The number of aryl methyl sites for hydroxylation is 1. The Morgan fingerprint density at radius 1 is 1.67 bits per heavy atom. The van der Waals surface area contributed by atoms with Crippen molar-refractivity contribution in [1.82, 2.24) is 4.98 Å². The second-order valence-electron chi connectivity index (χ2n) is 2.85. The highest BCUT2D eigenvalue weighted by Crippen LogP contribution is 2.16. The molecule has 0 spiro atoms. The molecule has 0 amide bonds. The van der Waals surface area contributed by atoms with Gasteiger partial charge in [0.1, 0.15) is 0 Å². The van der Waals surface area contributed by atoms with Gasteiger partial charge in [-0.05, 0) is 30.5 Å². The van der Waals surface area contributed by atoms with Gasteiger partial charge in [-0.25, -0.2) is 0 Å². The number of aliphatic hydroxyl groups is 1. The van der Waals surface area contributed by atoms with E-state index in [0.717, 1.165) is 11.1 Å². The quantitative estimate of drug-likeness (QED) is 0.697. The molecule has 0 aromatic carbocycles. The summed E-state index contributed by atoms with van der Waals surface area (Å²) in [5.74, 6) is 0. The Morgan fingerprint density at radius 3 is 3.00 bits per heavy atom. The lowest BCUT2D eigenvalue weighted by molar-refractivity contribution is 0.276. The summed E-state index contributed by atoms with van der Waals surface area (Å²) in [6.45, 7) is 2.10. The van der Waals surface area contributed by atoms with Crippen molar-refractivity contribution in [2.75, 3.05) is 6.61 Å². The summed E-state index contributed by atoms with van der Waals surface area (Å²) >= 11 is 0. The van der Waals surface area contributed by atoms with E-state index in [1.807, 2.05) is 13.0 Å². The predicted octanol–water partition coefficient (Wildman–Crippen LogP) is 0.772. The van der Waals surface area contributed by atoms with Crippen molar-refractivity contribution >= 4 is 0 Å². The SMILES string of the molecule is Cc1cnccc1[C@@H](N)CCO. The summed E-state index contributed by atoms with van der Waals surface area (Å²) in [4.78, 5) is 3.97. The third-order valence-corrected chi connectivity index (χ3v) is 1.90. The van der Waals surface area contributed by atoms with Crippen molar-refractivity contribution in [1.29, 1.82) is 0 Å². The van der Waals surface area contributed by atoms with E-state index in [-0.39, 0.29) is 12.6 Å². The summed E-state index contributed by atoms with van der Waals surface area (Å²) in [6.07, 6.45) is 4.11. The molecule has 0 saturated heterocycles. The highest BCUT2D eigenvalue weighted by molar-refractivity contribution is 5.24. The third-order valence-electron chi connectivity index (χ3n) is 1.90. The van der Waals surface area contributed by atoms with Gasteiger partial charge in [0.05, 0.1) is 0 Å². The molecule has 3 heteroatoms. The molecule has 1 atom stereocenters. The molecule has 1 aromatic heterocycles. The Kier molecular flexibility index (Phi) is 3.19. The smallest absolute Gasteiger partial charge is 0.0449 e. The van der Waals surface area contributed by atoms with Crippen LogP contribution in [0.1, 0.15) is 23.6 Å². The molecule has 0 aliphatic heterocycles. The minimum Gasteiger partial charge on any atom is -0.396 e. The lowest BCUT2D eigenvalue weighted by Crippen LogP contribution is -2.13. The highest BCUT2D eigenvalue weighted by atomic mass is 16.3. The molecule has 0 saturated carbocycles. The normalized spacial score (nSPS) is 12.9. The molecule has 66 valence electrons. The van der Waals surface area contributed by atoms with Crippen LogP contribution in [0.3, 0.4) is 0 Å². The Morgan fingerprint density at radius 2 is 2.42 bits per heavy atom. The average Bonchev–Trinajstić information content (AvgIpc) is 2.05. The number of nitrogens with two attached hydrogens (primary N) is 1. The fourth-order valence-corrected chi connectivity index (χ4v) is 1.19. The van der Waals surface area contributed by atoms with Gasteiger partial charge in [0.15, 0.2) is 0 Å². The van der Waals surface area contributed by atoms with Gasteiger partial charge >= 0.3 is 0 Å². The second-order valence-corrected chi connectivity index (χ2v) is 2.85. The molecule has 0 fully saturated rings. The number of hydrogen-bond donors (Lipinski definition) is 2. The van der Waals surface area contributed by atoms with Crippen LogP contribution < -0.4 is 5.73 Å². The van der Waals surface area contributed by atoms with Crippen molar-refractivity contribution in [3.8, 4) is 0 Å². The largest absolute Gasteiger partial charge is 0.396 e. The van der Waals surface area contributed by atoms with Gasteiger partial charge < -0.3 is 10.8 Å². The maximum Gasteiger partial charge on any atom is 0.0449 e. The first-order valence-electron chi connectivity index (χ1n) is 4.02. The fraction of sp³-hybridized carbons (Fsp3) is 0.444. The molecule has 0 unspecified atom stereocenters. The van der Waals surface area contributed by atoms with Crippen LogP contribution in [0.2, 0.25) is 0 Å². The summed E-state index contributed by atoms with van der Waals surface area (Å²) < 4.78 is 0. The summed E-state index contributed by atoms with van der Waals surface area (Å²) in [5, 5.41) is 8.69. The van der Waals surface area contributed by atoms with Crippen LogP contribution in [-0.2, 0) is 0 Å². The van der Waals surface area contributed by atoms with E-state index < -0.39 is 0 Å². The van der Waals surface area contributed by atoms with E-state index in [4.69, 9.17) is 10.8 Å². The lowest BCUT2D eigenvalue weighted by atomic mass is 10.0. The van der Waals surface area contributed by atoms with E-state index in [0.29, 0.717) is 6.42 Å². The van der Waals surface area contributed by atoms with E-state index in [9.17, 15) is 0 Å². The molecule has 12 heavy (non-hydrogen) atoms. The van der Waals surface area contributed by atoms with Crippen molar-refractivity contribution in [3.05, 3.63) is 29.6 Å². The molecular weight excluding hydrogens is 152 g/mol. The first-order valence-corrected chi connectivity index (χ1v) is 4.02. The Balaban J connectivity index is 2.79. The first kappa shape index (κ1) is 9.16. The van der Waals surface area contributed by atoms with Crippen LogP contribution in [0, 0.1) is 6.92 Å². The van der Waals surface area contributed by atoms with Gasteiger partial charge in [-0.3, -0.25) is 4.98 Å². The number of aliphatic hydroxyl groups excluding tert-OH is 1. The molecule has 1 aromatic rings. The van der Waals surface area contributed by atoms with E-state index in [1.54, 1.807) is 12.4 Å². The minimum absolute atomic E-state index is 0.0713. The molecule has 0 radical (unpaired) electrons. The Hall–Kier alpha value is -0.930. The molecular formula is C9H14N2O. The zero-order valence-corrected chi connectivity index (χ0v) is 7.20.